The summed E-state index contributed by atoms with van der Waals surface area (Å²) in [5.74, 6) is 0.450. The molecule has 0 saturated heterocycles. The molecule has 0 amide bonds. The fraction of sp³-hybridized carbons (Fsp3) is 0.154. The zero-order valence-corrected chi connectivity index (χ0v) is 9.61. The lowest BCUT2D eigenvalue weighted by molar-refractivity contribution is 0.0988. The average molecular weight is 233 g/mol. The summed E-state index contributed by atoms with van der Waals surface area (Å²) < 4.78 is 18.2. The molecule has 0 aliphatic heterocycles. The predicted octanol–water partition coefficient (Wildman–Crippen LogP) is 3.39. The van der Waals surface area contributed by atoms with Gasteiger partial charge in [0.1, 0.15) is 5.82 Å². The van der Waals surface area contributed by atoms with Crippen LogP contribution in [0.3, 0.4) is 0 Å². The molecule has 1 heterocycles. The summed E-state index contributed by atoms with van der Waals surface area (Å²) in [6.07, 6.45) is 0. The zero-order chi connectivity index (χ0) is 12.4. The molecule has 2 rings (SSSR count). The molecule has 17 heavy (non-hydrogen) atoms. The number of hydrogen-bond acceptors (Lipinski definition) is 3. The Hall–Kier alpha value is -2.10. The van der Waals surface area contributed by atoms with E-state index in [9.17, 15) is 9.18 Å². The van der Waals surface area contributed by atoms with Gasteiger partial charge in [0.2, 0.25) is 0 Å². The number of anilines is 2. The molecular weight excluding hydrogens is 221 g/mol. The molecule has 88 valence electrons. The van der Waals surface area contributed by atoms with E-state index >= 15 is 0 Å². The van der Waals surface area contributed by atoms with Crippen molar-refractivity contribution in [2.75, 3.05) is 11.9 Å². The quantitative estimate of drug-likeness (QED) is 0.762. The first-order valence-electron chi connectivity index (χ1n) is 5.18. The number of halogens is 1. The molecule has 3 nitrogen and oxygen atoms in total. The Morgan fingerprint density at radius 3 is 2.35 bits per heavy atom. The normalized spacial score (nSPS) is 10.3. The summed E-state index contributed by atoms with van der Waals surface area (Å²) in [5.41, 5.74) is 0.788. The molecule has 4 heteroatoms. The number of carbonyl (C=O) groups excluding carboxylic acids is 1. The van der Waals surface area contributed by atoms with Crippen LogP contribution in [0.25, 0.3) is 0 Å². The number of carbonyl (C=O) groups is 1. The highest BCUT2D eigenvalue weighted by molar-refractivity contribution is 5.91. The molecule has 0 bridgehead atoms. The maximum atomic E-state index is 12.8. The monoisotopic (exact) mass is 233 g/mol. The van der Waals surface area contributed by atoms with Crippen LogP contribution < -0.4 is 4.90 Å². The minimum absolute atomic E-state index is 0.122. The van der Waals surface area contributed by atoms with Gasteiger partial charge in [0.05, 0.1) is 0 Å². The molecule has 0 saturated carbocycles. The van der Waals surface area contributed by atoms with Crippen molar-refractivity contribution in [1.29, 1.82) is 0 Å². The van der Waals surface area contributed by atoms with Gasteiger partial charge in [-0.1, -0.05) is 0 Å². The maximum absolute atomic E-state index is 12.8. The van der Waals surface area contributed by atoms with Crippen molar-refractivity contribution in [3.63, 3.8) is 0 Å². The first-order chi connectivity index (χ1) is 8.08. The van der Waals surface area contributed by atoms with Gasteiger partial charge in [-0.3, -0.25) is 4.79 Å². The number of hydrogen-bond donors (Lipinski definition) is 0. The smallest absolute Gasteiger partial charge is 0.200 e. The predicted molar refractivity (Wildman–Crippen MR) is 63.2 cm³/mol. The van der Waals surface area contributed by atoms with Crippen molar-refractivity contribution in [3.05, 3.63) is 48.0 Å². The summed E-state index contributed by atoms with van der Waals surface area (Å²) in [6, 6.07) is 9.37. The summed E-state index contributed by atoms with van der Waals surface area (Å²) >= 11 is 0. The van der Waals surface area contributed by atoms with Gasteiger partial charge in [-0.05, 0) is 30.3 Å². The van der Waals surface area contributed by atoms with Gasteiger partial charge < -0.3 is 9.32 Å². The van der Waals surface area contributed by atoms with Crippen LogP contribution in [0.1, 0.15) is 17.5 Å². The van der Waals surface area contributed by atoms with Gasteiger partial charge in [-0.15, -0.1) is 0 Å². The summed E-state index contributed by atoms with van der Waals surface area (Å²) in [4.78, 5) is 12.8. The number of furan rings is 1. The largest absolute Gasteiger partial charge is 0.437 e. The standard InChI is InChI=1S/C13H12FNO2/c1-9(16)12-7-8-13(17-12)15(2)11-5-3-10(14)4-6-11/h3-8H,1-2H3. The van der Waals surface area contributed by atoms with Crippen molar-refractivity contribution in [3.8, 4) is 0 Å². The lowest BCUT2D eigenvalue weighted by atomic mass is 10.3. The Balaban J connectivity index is 2.27. The lowest BCUT2D eigenvalue weighted by Gasteiger charge is -2.15. The van der Waals surface area contributed by atoms with Gasteiger partial charge in [0, 0.05) is 25.7 Å². The van der Waals surface area contributed by atoms with Crippen LogP contribution in [0, 0.1) is 5.82 Å². The second kappa shape index (κ2) is 4.41. The first kappa shape index (κ1) is 11.4. The highest BCUT2D eigenvalue weighted by Gasteiger charge is 2.11. The Morgan fingerprint density at radius 2 is 1.82 bits per heavy atom. The van der Waals surface area contributed by atoms with E-state index in [0.29, 0.717) is 11.6 Å². The van der Waals surface area contributed by atoms with Gasteiger partial charge in [-0.25, -0.2) is 4.39 Å². The molecule has 0 aliphatic rings. The average Bonchev–Trinajstić information content (AvgIpc) is 2.78. The molecular formula is C13H12FNO2. The summed E-state index contributed by atoms with van der Waals surface area (Å²) in [5, 5.41) is 0. The molecule has 0 N–H and O–H groups in total. The lowest BCUT2D eigenvalue weighted by Crippen LogP contribution is -2.08. The van der Waals surface area contributed by atoms with Crippen LogP contribution in [0.15, 0.2) is 40.8 Å². The molecule has 2 aromatic rings. The second-order valence-corrected chi connectivity index (χ2v) is 3.73. The third kappa shape index (κ3) is 2.36. The van der Waals surface area contributed by atoms with Crippen LogP contribution in [-0.4, -0.2) is 12.8 Å². The third-order valence-corrected chi connectivity index (χ3v) is 2.48. The molecule has 0 atom stereocenters. The summed E-state index contributed by atoms with van der Waals surface area (Å²) in [6.45, 7) is 1.44. The molecule has 0 fully saturated rings. The SMILES string of the molecule is CC(=O)c1ccc(N(C)c2ccc(F)cc2)o1. The molecule has 0 unspecified atom stereocenters. The minimum atomic E-state index is -0.286. The van der Waals surface area contributed by atoms with E-state index in [1.165, 1.54) is 19.1 Å². The second-order valence-electron chi connectivity index (χ2n) is 3.73. The number of Topliss-reactive ketones (excluding diaryl/α,β-unsaturated/α-hetero) is 1. The van der Waals surface area contributed by atoms with E-state index in [2.05, 4.69) is 0 Å². The fourth-order valence-corrected chi connectivity index (χ4v) is 1.49. The Kier molecular flexibility index (Phi) is 2.95. The molecule has 0 spiro atoms. The maximum Gasteiger partial charge on any atom is 0.200 e. The van der Waals surface area contributed by atoms with Crippen LogP contribution in [0.4, 0.5) is 16.0 Å². The van der Waals surface area contributed by atoms with E-state index in [1.807, 2.05) is 0 Å². The molecule has 0 radical (unpaired) electrons. The van der Waals surface area contributed by atoms with Crippen LogP contribution >= 0.6 is 0 Å². The van der Waals surface area contributed by atoms with Gasteiger partial charge in [0.15, 0.2) is 17.4 Å². The van der Waals surface area contributed by atoms with E-state index in [4.69, 9.17) is 4.42 Å². The highest BCUT2D eigenvalue weighted by Crippen LogP contribution is 2.25. The zero-order valence-electron chi connectivity index (χ0n) is 9.61. The van der Waals surface area contributed by atoms with Crippen LogP contribution in [0.2, 0.25) is 0 Å². The van der Waals surface area contributed by atoms with E-state index < -0.39 is 0 Å². The first-order valence-corrected chi connectivity index (χ1v) is 5.18. The van der Waals surface area contributed by atoms with Crippen molar-refractivity contribution in [1.82, 2.24) is 0 Å². The highest BCUT2D eigenvalue weighted by atomic mass is 19.1. The topological polar surface area (TPSA) is 33.5 Å². The molecule has 0 aliphatic carbocycles. The fourth-order valence-electron chi connectivity index (χ4n) is 1.49. The van der Waals surface area contributed by atoms with Crippen molar-refractivity contribution < 1.29 is 13.6 Å². The van der Waals surface area contributed by atoms with Gasteiger partial charge >= 0.3 is 0 Å². The minimum Gasteiger partial charge on any atom is -0.437 e. The number of benzene rings is 1. The Morgan fingerprint density at radius 1 is 1.18 bits per heavy atom. The molecule has 1 aromatic carbocycles. The Labute approximate surface area is 98.5 Å². The van der Waals surface area contributed by atoms with Gasteiger partial charge in [-0.2, -0.15) is 0 Å². The molecule has 1 aromatic heterocycles. The Bertz CT molecular complexity index is 531. The third-order valence-electron chi connectivity index (χ3n) is 2.48. The number of nitrogens with zero attached hydrogens (tertiary/aromatic N) is 1. The summed E-state index contributed by atoms with van der Waals surface area (Å²) in [7, 11) is 1.79. The van der Waals surface area contributed by atoms with Crippen LogP contribution in [0.5, 0.6) is 0 Å². The number of ketones is 1. The van der Waals surface area contributed by atoms with Gasteiger partial charge in [0.25, 0.3) is 0 Å². The van der Waals surface area contributed by atoms with E-state index in [-0.39, 0.29) is 11.6 Å². The van der Waals surface area contributed by atoms with Crippen molar-refractivity contribution in [2.24, 2.45) is 0 Å². The van der Waals surface area contributed by atoms with Crippen LogP contribution in [-0.2, 0) is 0 Å². The van der Waals surface area contributed by atoms with Crippen molar-refractivity contribution in [2.45, 2.75) is 6.92 Å². The van der Waals surface area contributed by atoms with E-state index in [1.54, 1.807) is 36.2 Å². The van der Waals surface area contributed by atoms with E-state index in [0.717, 1.165) is 5.69 Å². The van der Waals surface area contributed by atoms with Crippen molar-refractivity contribution >= 4 is 17.4 Å². The number of rotatable bonds is 3.